The monoisotopic (exact) mass is 285 g/mol. The van der Waals surface area contributed by atoms with Gasteiger partial charge >= 0.3 is 0 Å². The zero-order valence-corrected chi connectivity index (χ0v) is 13.4. The fraction of sp³-hybridized carbons (Fsp3) is 0.867. The molecule has 0 rings (SSSR count). The molecule has 0 aliphatic carbocycles. The van der Waals surface area contributed by atoms with Crippen LogP contribution >= 0.6 is 0 Å². The van der Waals surface area contributed by atoms with E-state index in [4.69, 9.17) is 11.5 Å². The van der Waals surface area contributed by atoms with E-state index in [2.05, 4.69) is 0 Å². The highest BCUT2D eigenvalue weighted by Gasteiger charge is 2.38. The molecule has 0 saturated carbocycles. The number of rotatable bonds is 10. The lowest BCUT2D eigenvalue weighted by atomic mass is 9.77. The molecule has 0 aromatic heterocycles. The van der Waals surface area contributed by atoms with Gasteiger partial charge in [-0.2, -0.15) is 0 Å². The molecule has 0 bridgehead atoms. The number of amides is 2. The van der Waals surface area contributed by atoms with Crippen molar-refractivity contribution in [3.63, 3.8) is 0 Å². The Bertz CT molecular complexity index is 310. The maximum absolute atomic E-state index is 12.9. The zero-order valence-electron chi connectivity index (χ0n) is 13.4. The summed E-state index contributed by atoms with van der Waals surface area (Å²) in [5, 5.41) is 0. The van der Waals surface area contributed by atoms with Gasteiger partial charge in [0.25, 0.3) is 0 Å². The van der Waals surface area contributed by atoms with E-state index in [0.29, 0.717) is 13.1 Å². The molecule has 0 heterocycles. The lowest BCUT2D eigenvalue weighted by molar-refractivity contribution is -0.145. The van der Waals surface area contributed by atoms with Gasteiger partial charge in [0.15, 0.2) is 0 Å². The fourth-order valence-corrected chi connectivity index (χ4v) is 2.77. The van der Waals surface area contributed by atoms with E-state index >= 15 is 0 Å². The molecule has 118 valence electrons. The molecule has 0 aliphatic rings. The normalized spacial score (nSPS) is 11.7. The summed E-state index contributed by atoms with van der Waals surface area (Å²) in [7, 11) is 0. The summed E-state index contributed by atoms with van der Waals surface area (Å²) in [6.07, 6.45) is 3.30. The zero-order chi connectivity index (χ0) is 15.8. The standard InChI is InChI=1S/C15H31N3O2/c1-5-7-15(11-16,8-6-2)14(20)18(9-12(3)4)10-13(17)19/h12H,5-11,16H2,1-4H3,(H2,17,19). The maximum Gasteiger partial charge on any atom is 0.237 e. The van der Waals surface area contributed by atoms with Crippen LogP contribution in [0.3, 0.4) is 0 Å². The Morgan fingerprint density at radius 2 is 1.65 bits per heavy atom. The predicted octanol–water partition coefficient (Wildman–Crippen LogP) is 1.50. The lowest BCUT2D eigenvalue weighted by Crippen LogP contribution is -2.51. The Morgan fingerprint density at radius 1 is 1.15 bits per heavy atom. The van der Waals surface area contributed by atoms with Crippen molar-refractivity contribution in [2.75, 3.05) is 19.6 Å². The van der Waals surface area contributed by atoms with Crippen LogP contribution in [0.5, 0.6) is 0 Å². The number of carbonyl (C=O) groups excluding carboxylic acids is 2. The van der Waals surface area contributed by atoms with Crippen LogP contribution in [0.1, 0.15) is 53.4 Å². The van der Waals surface area contributed by atoms with Crippen molar-refractivity contribution in [3.8, 4) is 0 Å². The second-order valence-electron chi connectivity index (χ2n) is 6.03. The van der Waals surface area contributed by atoms with E-state index in [0.717, 1.165) is 25.7 Å². The van der Waals surface area contributed by atoms with Crippen LogP contribution < -0.4 is 11.5 Å². The second-order valence-corrected chi connectivity index (χ2v) is 6.03. The molecule has 0 aromatic rings. The summed E-state index contributed by atoms with van der Waals surface area (Å²) in [5.74, 6) is -0.203. The highest BCUT2D eigenvalue weighted by atomic mass is 16.2. The summed E-state index contributed by atoms with van der Waals surface area (Å²) in [5.41, 5.74) is 10.6. The molecule has 0 radical (unpaired) electrons. The largest absolute Gasteiger partial charge is 0.368 e. The highest BCUT2D eigenvalue weighted by molar-refractivity contribution is 5.87. The fourth-order valence-electron chi connectivity index (χ4n) is 2.77. The van der Waals surface area contributed by atoms with E-state index in [1.54, 1.807) is 4.90 Å². The van der Waals surface area contributed by atoms with Gasteiger partial charge in [0.05, 0.1) is 12.0 Å². The Balaban J connectivity index is 5.25. The number of hydrogen-bond acceptors (Lipinski definition) is 3. The van der Waals surface area contributed by atoms with Gasteiger partial charge in [-0.3, -0.25) is 9.59 Å². The van der Waals surface area contributed by atoms with E-state index in [1.165, 1.54) is 0 Å². The first-order chi connectivity index (χ1) is 9.32. The molecule has 0 aliphatic heterocycles. The first kappa shape index (κ1) is 18.9. The Hall–Kier alpha value is -1.10. The van der Waals surface area contributed by atoms with Crippen LogP contribution in [0.25, 0.3) is 0 Å². The molecule has 0 unspecified atom stereocenters. The third-order valence-electron chi connectivity index (χ3n) is 3.52. The second kappa shape index (κ2) is 8.95. The van der Waals surface area contributed by atoms with Gasteiger partial charge in [0.2, 0.25) is 11.8 Å². The minimum Gasteiger partial charge on any atom is -0.368 e. The Morgan fingerprint density at radius 3 is 1.95 bits per heavy atom. The topological polar surface area (TPSA) is 89.4 Å². The third kappa shape index (κ3) is 5.49. The molecule has 0 spiro atoms. The summed E-state index contributed by atoms with van der Waals surface area (Å²) in [4.78, 5) is 25.7. The van der Waals surface area contributed by atoms with Crippen molar-refractivity contribution >= 4 is 11.8 Å². The summed E-state index contributed by atoms with van der Waals surface area (Å²) in [6.45, 7) is 8.97. The summed E-state index contributed by atoms with van der Waals surface area (Å²) >= 11 is 0. The van der Waals surface area contributed by atoms with Crippen molar-refractivity contribution in [3.05, 3.63) is 0 Å². The first-order valence-corrected chi connectivity index (χ1v) is 7.60. The smallest absolute Gasteiger partial charge is 0.237 e. The maximum atomic E-state index is 12.9. The minimum atomic E-state index is -0.548. The van der Waals surface area contributed by atoms with E-state index in [-0.39, 0.29) is 18.4 Å². The van der Waals surface area contributed by atoms with Crippen molar-refractivity contribution in [2.24, 2.45) is 22.8 Å². The average Bonchev–Trinajstić information content (AvgIpc) is 2.35. The molecular formula is C15H31N3O2. The predicted molar refractivity (Wildman–Crippen MR) is 81.9 cm³/mol. The number of nitrogens with two attached hydrogens (primary N) is 2. The molecule has 20 heavy (non-hydrogen) atoms. The molecule has 5 heteroatoms. The van der Waals surface area contributed by atoms with Gasteiger partial charge < -0.3 is 16.4 Å². The molecule has 0 atom stereocenters. The van der Waals surface area contributed by atoms with Gasteiger partial charge in [-0.05, 0) is 18.8 Å². The third-order valence-corrected chi connectivity index (χ3v) is 3.52. The quantitative estimate of drug-likeness (QED) is 0.637. The van der Waals surface area contributed by atoms with Crippen LogP contribution in [-0.4, -0.2) is 36.3 Å². The first-order valence-electron chi connectivity index (χ1n) is 7.60. The lowest BCUT2D eigenvalue weighted by Gasteiger charge is -2.36. The van der Waals surface area contributed by atoms with Gasteiger partial charge in [-0.25, -0.2) is 0 Å². The Labute approximate surface area is 123 Å². The summed E-state index contributed by atoms with van der Waals surface area (Å²) < 4.78 is 0. The molecule has 0 aromatic carbocycles. The van der Waals surface area contributed by atoms with Gasteiger partial charge in [0.1, 0.15) is 0 Å². The number of primary amides is 1. The molecule has 5 nitrogen and oxygen atoms in total. The van der Waals surface area contributed by atoms with E-state index in [9.17, 15) is 9.59 Å². The van der Waals surface area contributed by atoms with Gasteiger partial charge in [0, 0.05) is 13.1 Å². The van der Waals surface area contributed by atoms with Crippen LogP contribution in [0.4, 0.5) is 0 Å². The molecule has 4 N–H and O–H groups in total. The SMILES string of the molecule is CCCC(CN)(CCC)C(=O)N(CC(N)=O)CC(C)C. The van der Waals surface area contributed by atoms with E-state index < -0.39 is 11.3 Å². The van der Waals surface area contributed by atoms with Gasteiger partial charge in [-0.15, -0.1) is 0 Å². The molecule has 0 fully saturated rings. The Kier molecular flexibility index (Phi) is 8.46. The average molecular weight is 285 g/mol. The van der Waals surface area contributed by atoms with Crippen LogP contribution in [0.2, 0.25) is 0 Å². The molecule has 2 amide bonds. The number of carbonyl (C=O) groups is 2. The van der Waals surface area contributed by atoms with Crippen molar-refractivity contribution in [1.82, 2.24) is 4.90 Å². The molecular weight excluding hydrogens is 254 g/mol. The van der Waals surface area contributed by atoms with Crippen LogP contribution in [-0.2, 0) is 9.59 Å². The molecule has 0 saturated heterocycles. The van der Waals surface area contributed by atoms with Crippen molar-refractivity contribution in [1.29, 1.82) is 0 Å². The van der Waals surface area contributed by atoms with Crippen LogP contribution in [0, 0.1) is 11.3 Å². The van der Waals surface area contributed by atoms with Gasteiger partial charge in [-0.1, -0.05) is 40.5 Å². The van der Waals surface area contributed by atoms with E-state index in [1.807, 2.05) is 27.7 Å². The minimum absolute atomic E-state index is 0.0174. The van der Waals surface area contributed by atoms with Crippen molar-refractivity contribution in [2.45, 2.75) is 53.4 Å². The van der Waals surface area contributed by atoms with Crippen molar-refractivity contribution < 1.29 is 9.59 Å². The van der Waals surface area contributed by atoms with Crippen LogP contribution in [0.15, 0.2) is 0 Å². The summed E-state index contributed by atoms with van der Waals surface area (Å²) in [6, 6.07) is 0. The number of hydrogen-bond donors (Lipinski definition) is 2. The highest BCUT2D eigenvalue weighted by Crippen LogP contribution is 2.31. The number of nitrogens with zero attached hydrogens (tertiary/aromatic N) is 1.